The Kier molecular flexibility index (Phi) is 3.87. The zero-order valence-electron chi connectivity index (χ0n) is 15.6. The van der Waals surface area contributed by atoms with Gasteiger partial charge in [0.1, 0.15) is 12.2 Å². The molecule has 3 aromatic rings. The van der Waals surface area contributed by atoms with E-state index >= 15 is 0 Å². The number of hydrogen-bond donors (Lipinski definition) is 0. The summed E-state index contributed by atoms with van der Waals surface area (Å²) in [6.45, 7) is 2.67. The molecule has 6 rings (SSSR count). The Labute approximate surface area is 162 Å². The van der Waals surface area contributed by atoms with Crippen LogP contribution in [0.25, 0.3) is 11.0 Å². The normalized spacial score (nSPS) is 26.4. The van der Waals surface area contributed by atoms with Crippen LogP contribution in [0.1, 0.15) is 37.1 Å². The van der Waals surface area contributed by atoms with Gasteiger partial charge in [0.25, 0.3) is 5.95 Å². The standard InChI is InChI=1S/C20H23N5O3/c1-2-7-16-15(6-1)21-12-25(16)14-10-26-17-8-24(9-18(17)27-11-14)20-22-19(28-23-20)13-4-3-5-13/h1-2,6-7,12-14,17-18H,3-5,8-11H2/t17-,18-/m0/s1. The lowest BCUT2D eigenvalue weighted by Gasteiger charge is -2.20. The minimum atomic E-state index is 0.0189. The highest BCUT2D eigenvalue weighted by molar-refractivity contribution is 5.75. The second-order valence-electron chi connectivity index (χ2n) is 8.00. The van der Waals surface area contributed by atoms with Crippen LogP contribution in [0.15, 0.2) is 35.1 Å². The molecule has 8 heteroatoms. The summed E-state index contributed by atoms with van der Waals surface area (Å²) in [5.74, 6) is 1.90. The fourth-order valence-electron chi connectivity index (χ4n) is 4.35. The van der Waals surface area contributed by atoms with E-state index in [4.69, 9.17) is 14.0 Å². The van der Waals surface area contributed by atoms with Crippen LogP contribution in [0, 0.1) is 0 Å². The van der Waals surface area contributed by atoms with Crippen LogP contribution in [0.3, 0.4) is 0 Å². The van der Waals surface area contributed by atoms with E-state index < -0.39 is 0 Å². The fraction of sp³-hybridized carbons (Fsp3) is 0.550. The van der Waals surface area contributed by atoms with Gasteiger partial charge in [0.15, 0.2) is 0 Å². The Hall–Kier alpha value is -2.45. The van der Waals surface area contributed by atoms with Crippen molar-refractivity contribution in [3.05, 3.63) is 36.5 Å². The maximum Gasteiger partial charge on any atom is 0.266 e. The van der Waals surface area contributed by atoms with Gasteiger partial charge >= 0.3 is 0 Å². The van der Waals surface area contributed by atoms with Gasteiger partial charge in [-0.1, -0.05) is 18.6 Å². The molecular weight excluding hydrogens is 358 g/mol. The number of rotatable bonds is 3. The Morgan fingerprint density at radius 1 is 1.00 bits per heavy atom. The van der Waals surface area contributed by atoms with Gasteiger partial charge in [-0.25, -0.2) is 4.98 Å². The quantitative estimate of drug-likeness (QED) is 0.690. The minimum Gasteiger partial charge on any atom is -0.371 e. The van der Waals surface area contributed by atoms with Crippen molar-refractivity contribution in [2.75, 3.05) is 31.2 Å². The van der Waals surface area contributed by atoms with Crippen molar-refractivity contribution in [3.63, 3.8) is 0 Å². The molecule has 0 N–H and O–H groups in total. The zero-order chi connectivity index (χ0) is 18.5. The van der Waals surface area contributed by atoms with Crippen LogP contribution in [0.5, 0.6) is 0 Å². The number of para-hydroxylation sites is 2. The zero-order valence-corrected chi connectivity index (χ0v) is 15.6. The van der Waals surface area contributed by atoms with E-state index in [0.717, 1.165) is 42.9 Å². The summed E-state index contributed by atoms with van der Waals surface area (Å²) in [6.07, 6.45) is 5.49. The maximum absolute atomic E-state index is 6.25. The highest BCUT2D eigenvalue weighted by Crippen LogP contribution is 2.36. The third kappa shape index (κ3) is 2.70. The minimum absolute atomic E-state index is 0.0189. The molecule has 1 saturated carbocycles. The van der Waals surface area contributed by atoms with Crippen molar-refractivity contribution >= 4 is 17.0 Å². The van der Waals surface area contributed by atoms with Crippen LogP contribution >= 0.6 is 0 Å². The summed E-state index contributed by atoms with van der Waals surface area (Å²) < 4.78 is 20.1. The summed E-state index contributed by atoms with van der Waals surface area (Å²) in [7, 11) is 0. The SMILES string of the molecule is c1ccc2c(c1)ncn2C1CO[C@H]2CN(c3noc(C4CCC4)n3)C[C@@H]2OC1. The summed E-state index contributed by atoms with van der Waals surface area (Å²) >= 11 is 0. The second-order valence-corrected chi connectivity index (χ2v) is 8.00. The van der Waals surface area contributed by atoms with Gasteiger partial charge in [-0.2, -0.15) is 4.98 Å². The molecule has 3 aliphatic rings. The number of hydrogen-bond acceptors (Lipinski definition) is 7. The first-order valence-corrected chi connectivity index (χ1v) is 10.1. The summed E-state index contributed by atoms with van der Waals surface area (Å²) in [5.41, 5.74) is 2.11. The Balaban J connectivity index is 1.15. The molecule has 2 aromatic heterocycles. The van der Waals surface area contributed by atoms with Crippen molar-refractivity contribution in [2.45, 2.75) is 43.4 Å². The molecular formula is C20H23N5O3. The molecule has 28 heavy (non-hydrogen) atoms. The van der Waals surface area contributed by atoms with Gasteiger partial charge in [-0.15, -0.1) is 0 Å². The van der Waals surface area contributed by atoms with E-state index in [2.05, 4.69) is 30.7 Å². The van der Waals surface area contributed by atoms with Crippen LogP contribution in [0.4, 0.5) is 5.95 Å². The van der Waals surface area contributed by atoms with Crippen molar-refractivity contribution < 1.29 is 14.0 Å². The molecule has 146 valence electrons. The van der Waals surface area contributed by atoms with Gasteiger partial charge in [0, 0.05) is 19.0 Å². The maximum atomic E-state index is 6.25. The van der Waals surface area contributed by atoms with Crippen molar-refractivity contribution in [1.82, 2.24) is 19.7 Å². The van der Waals surface area contributed by atoms with E-state index in [9.17, 15) is 0 Å². The Bertz CT molecular complexity index is 965. The molecule has 4 heterocycles. The van der Waals surface area contributed by atoms with E-state index in [1.165, 1.54) is 6.42 Å². The van der Waals surface area contributed by atoms with E-state index in [-0.39, 0.29) is 18.2 Å². The van der Waals surface area contributed by atoms with Crippen molar-refractivity contribution in [2.24, 2.45) is 0 Å². The number of fused-ring (bicyclic) bond motifs is 2. The Morgan fingerprint density at radius 2 is 1.79 bits per heavy atom. The average Bonchev–Trinajstić information content (AvgIpc) is 3.37. The average molecular weight is 381 g/mol. The van der Waals surface area contributed by atoms with E-state index in [0.29, 0.717) is 25.1 Å². The lowest BCUT2D eigenvalue weighted by Crippen LogP contribution is -2.27. The smallest absolute Gasteiger partial charge is 0.266 e. The van der Waals surface area contributed by atoms with E-state index in [1.807, 2.05) is 24.5 Å². The molecule has 0 amide bonds. The molecule has 1 aromatic carbocycles. The van der Waals surface area contributed by atoms with Crippen LogP contribution in [-0.4, -0.2) is 58.2 Å². The largest absolute Gasteiger partial charge is 0.371 e. The molecule has 0 spiro atoms. The van der Waals surface area contributed by atoms with Crippen molar-refractivity contribution in [1.29, 1.82) is 0 Å². The van der Waals surface area contributed by atoms with Gasteiger partial charge in [-0.05, 0) is 30.1 Å². The Morgan fingerprint density at radius 3 is 2.54 bits per heavy atom. The van der Waals surface area contributed by atoms with Crippen LogP contribution < -0.4 is 4.90 Å². The number of imidazole rings is 1. The fourth-order valence-corrected chi connectivity index (χ4v) is 4.35. The van der Waals surface area contributed by atoms with Crippen molar-refractivity contribution in [3.8, 4) is 0 Å². The van der Waals surface area contributed by atoms with Gasteiger partial charge in [0.2, 0.25) is 5.89 Å². The molecule has 2 atom stereocenters. The third-order valence-electron chi connectivity index (χ3n) is 6.26. The first-order valence-electron chi connectivity index (χ1n) is 10.1. The molecule has 8 nitrogen and oxygen atoms in total. The lowest BCUT2D eigenvalue weighted by atomic mass is 9.85. The van der Waals surface area contributed by atoms with Gasteiger partial charge in [0.05, 0.1) is 36.6 Å². The molecule has 1 aliphatic carbocycles. The first-order chi connectivity index (χ1) is 13.8. The molecule has 0 bridgehead atoms. The molecule has 0 radical (unpaired) electrons. The second kappa shape index (κ2) is 6.56. The summed E-state index contributed by atoms with van der Waals surface area (Å²) in [4.78, 5) is 11.2. The summed E-state index contributed by atoms with van der Waals surface area (Å²) in [6, 6.07) is 8.29. The number of aromatic nitrogens is 4. The predicted molar refractivity (Wildman–Crippen MR) is 101 cm³/mol. The predicted octanol–water partition coefficient (Wildman–Crippen LogP) is 2.53. The number of anilines is 1. The van der Waals surface area contributed by atoms with Crippen LogP contribution in [0.2, 0.25) is 0 Å². The topological polar surface area (TPSA) is 78.4 Å². The third-order valence-corrected chi connectivity index (χ3v) is 6.26. The highest BCUT2D eigenvalue weighted by Gasteiger charge is 2.40. The number of ether oxygens (including phenoxy) is 2. The number of benzene rings is 1. The molecule has 3 fully saturated rings. The van der Waals surface area contributed by atoms with E-state index in [1.54, 1.807) is 0 Å². The van der Waals surface area contributed by atoms with Gasteiger partial charge < -0.3 is 23.5 Å². The molecule has 0 unspecified atom stereocenters. The van der Waals surface area contributed by atoms with Crippen LogP contribution in [-0.2, 0) is 9.47 Å². The highest BCUT2D eigenvalue weighted by atomic mass is 16.6. The monoisotopic (exact) mass is 381 g/mol. The number of nitrogens with zero attached hydrogens (tertiary/aromatic N) is 5. The molecule has 2 saturated heterocycles. The summed E-state index contributed by atoms with van der Waals surface area (Å²) in [5, 5.41) is 4.19. The lowest BCUT2D eigenvalue weighted by molar-refractivity contribution is -0.00461. The van der Waals surface area contributed by atoms with Gasteiger partial charge in [-0.3, -0.25) is 0 Å². The first kappa shape index (κ1) is 16.5. The molecule has 2 aliphatic heterocycles.